The van der Waals surface area contributed by atoms with E-state index in [2.05, 4.69) is 36.2 Å². The van der Waals surface area contributed by atoms with Gasteiger partial charge in [-0.25, -0.2) is 9.82 Å². The molecule has 2 aromatic carbocycles. The molecule has 0 saturated carbocycles. The van der Waals surface area contributed by atoms with Crippen molar-refractivity contribution in [3.05, 3.63) is 69.0 Å². The van der Waals surface area contributed by atoms with Crippen molar-refractivity contribution >= 4 is 23.5 Å². The van der Waals surface area contributed by atoms with Crippen molar-refractivity contribution in [3.8, 4) is 0 Å². The lowest BCUT2D eigenvalue weighted by Crippen LogP contribution is -2.45. The number of nitro groups is 1. The van der Waals surface area contributed by atoms with Crippen molar-refractivity contribution in [2.75, 3.05) is 11.9 Å². The standard InChI is InChI=1S/C21H23FN4O3/c1-13-11-21(2,3)25(4)19-10-18(22)15(9-17(13)19)12-23-24-20(27)14-6-5-7-16(8-14)26(28)29/h5-10,12-13H,11H2,1-4H3,(H,24,27)/b23-12-. The number of hydrogen-bond acceptors (Lipinski definition) is 5. The summed E-state index contributed by atoms with van der Waals surface area (Å²) in [5, 5.41) is 14.6. The van der Waals surface area contributed by atoms with Gasteiger partial charge in [-0.3, -0.25) is 14.9 Å². The fourth-order valence-electron chi connectivity index (χ4n) is 3.69. The minimum absolute atomic E-state index is 0.0687. The number of non-ortho nitro benzene ring substituents is 1. The van der Waals surface area contributed by atoms with E-state index in [4.69, 9.17) is 0 Å². The first-order chi connectivity index (χ1) is 13.6. The van der Waals surface area contributed by atoms with Crippen LogP contribution in [0.25, 0.3) is 0 Å². The smallest absolute Gasteiger partial charge is 0.271 e. The molecule has 3 rings (SSSR count). The van der Waals surface area contributed by atoms with Gasteiger partial charge >= 0.3 is 0 Å². The van der Waals surface area contributed by atoms with E-state index in [-0.39, 0.29) is 28.3 Å². The summed E-state index contributed by atoms with van der Waals surface area (Å²) in [7, 11) is 1.96. The van der Waals surface area contributed by atoms with Gasteiger partial charge in [0.2, 0.25) is 0 Å². The van der Waals surface area contributed by atoms with E-state index in [0.29, 0.717) is 0 Å². The van der Waals surface area contributed by atoms with Crippen LogP contribution < -0.4 is 10.3 Å². The molecule has 1 atom stereocenters. The molecule has 0 spiro atoms. The number of hydrazone groups is 1. The van der Waals surface area contributed by atoms with E-state index in [1.807, 2.05) is 7.05 Å². The number of amides is 1. The number of nitrogens with zero attached hydrogens (tertiary/aromatic N) is 3. The van der Waals surface area contributed by atoms with Crippen LogP contribution in [0.2, 0.25) is 0 Å². The minimum Gasteiger partial charge on any atom is -0.369 e. The first-order valence-electron chi connectivity index (χ1n) is 9.25. The molecule has 2 aromatic rings. The maximum Gasteiger partial charge on any atom is 0.271 e. The summed E-state index contributed by atoms with van der Waals surface area (Å²) >= 11 is 0. The van der Waals surface area contributed by atoms with Gasteiger partial charge in [0.15, 0.2) is 0 Å². The monoisotopic (exact) mass is 398 g/mol. The fraction of sp³-hybridized carbons (Fsp3) is 0.333. The molecule has 0 radical (unpaired) electrons. The van der Waals surface area contributed by atoms with Crippen LogP contribution in [-0.4, -0.2) is 29.6 Å². The van der Waals surface area contributed by atoms with Gasteiger partial charge in [-0.15, -0.1) is 0 Å². The summed E-state index contributed by atoms with van der Waals surface area (Å²) in [6.07, 6.45) is 2.18. The number of rotatable bonds is 4. The Morgan fingerprint density at radius 3 is 2.79 bits per heavy atom. The van der Waals surface area contributed by atoms with Crippen LogP contribution in [0.3, 0.4) is 0 Å². The SMILES string of the molecule is CC1CC(C)(C)N(C)c2cc(F)c(/C=N\NC(=O)c3cccc([N+](=O)[O-])c3)cc21. The van der Waals surface area contributed by atoms with Crippen LogP contribution in [-0.2, 0) is 0 Å². The summed E-state index contributed by atoms with van der Waals surface area (Å²) in [6, 6.07) is 8.56. The van der Waals surface area contributed by atoms with Crippen molar-refractivity contribution < 1.29 is 14.1 Å². The third-order valence-electron chi connectivity index (χ3n) is 5.44. The number of carbonyl (C=O) groups is 1. The third-order valence-corrected chi connectivity index (χ3v) is 5.44. The second-order valence-corrected chi connectivity index (χ2v) is 7.92. The molecular formula is C21H23FN4O3. The number of benzene rings is 2. The van der Waals surface area contributed by atoms with Gasteiger partial charge in [0.05, 0.1) is 11.1 Å². The zero-order valence-corrected chi connectivity index (χ0v) is 16.8. The van der Waals surface area contributed by atoms with Crippen molar-refractivity contribution in [3.63, 3.8) is 0 Å². The molecule has 0 saturated heterocycles. The average molecular weight is 398 g/mol. The zero-order valence-electron chi connectivity index (χ0n) is 16.8. The third kappa shape index (κ3) is 4.11. The molecule has 7 nitrogen and oxygen atoms in total. The molecule has 1 heterocycles. The van der Waals surface area contributed by atoms with E-state index in [9.17, 15) is 19.3 Å². The quantitative estimate of drug-likeness (QED) is 0.474. The molecule has 1 aliphatic heterocycles. The van der Waals surface area contributed by atoms with E-state index >= 15 is 0 Å². The van der Waals surface area contributed by atoms with Gasteiger partial charge < -0.3 is 4.90 Å². The van der Waals surface area contributed by atoms with Crippen molar-refractivity contribution in [1.82, 2.24) is 5.43 Å². The van der Waals surface area contributed by atoms with E-state index in [0.717, 1.165) is 23.7 Å². The zero-order chi connectivity index (χ0) is 21.3. The van der Waals surface area contributed by atoms with Gasteiger partial charge in [-0.1, -0.05) is 13.0 Å². The Morgan fingerprint density at radius 1 is 1.38 bits per heavy atom. The van der Waals surface area contributed by atoms with Gasteiger partial charge in [-0.2, -0.15) is 5.10 Å². The summed E-state index contributed by atoms with van der Waals surface area (Å²) in [5.74, 6) is -0.796. The molecule has 0 aromatic heterocycles. The largest absolute Gasteiger partial charge is 0.369 e. The minimum atomic E-state index is -0.613. The Kier molecular flexibility index (Phi) is 5.37. The lowest BCUT2D eigenvalue weighted by Gasteiger charge is -2.45. The Morgan fingerprint density at radius 2 is 2.10 bits per heavy atom. The van der Waals surface area contributed by atoms with Crippen LogP contribution in [0.15, 0.2) is 41.5 Å². The molecule has 29 heavy (non-hydrogen) atoms. The van der Waals surface area contributed by atoms with Crippen LogP contribution in [0.5, 0.6) is 0 Å². The number of anilines is 1. The highest BCUT2D eigenvalue weighted by Crippen LogP contribution is 2.43. The highest BCUT2D eigenvalue weighted by atomic mass is 19.1. The summed E-state index contributed by atoms with van der Waals surface area (Å²) in [5.41, 5.74) is 4.27. The summed E-state index contributed by atoms with van der Waals surface area (Å²) in [6.45, 7) is 6.36. The van der Waals surface area contributed by atoms with Gasteiger partial charge in [0.25, 0.3) is 11.6 Å². The second-order valence-electron chi connectivity index (χ2n) is 7.92. The Labute approximate surface area is 168 Å². The average Bonchev–Trinajstić information content (AvgIpc) is 2.66. The number of halogens is 1. The molecule has 152 valence electrons. The molecule has 1 N–H and O–H groups in total. The van der Waals surface area contributed by atoms with Crippen molar-refractivity contribution in [2.24, 2.45) is 5.10 Å². The Bertz CT molecular complexity index is 1000. The highest BCUT2D eigenvalue weighted by molar-refractivity contribution is 5.95. The van der Waals surface area contributed by atoms with E-state index in [1.165, 1.54) is 30.5 Å². The maximum atomic E-state index is 14.6. The maximum absolute atomic E-state index is 14.6. The summed E-state index contributed by atoms with van der Waals surface area (Å²) in [4.78, 5) is 24.5. The Balaban J connectivity index is 1.80. The summed E-state index contributed by atoms with van der Waals surface area (Å²) < 4.78 is 14.6. The number of fused-ring (bicyclic) bond motifs is 1. The first kappa shape index (κ1) is 20.4. The van der Waals surface area contributed by atoms with E-state index < -0.39 is 16.6 Å². The molecule has 0 bridgehead atoms. The van der Waals surface area contributed by atoms with Crippen LogP contribution in [0.1, 0.15) is 54.6 Å². The van der Waals surface area contributed by atoms with Crippen LogP contribution in [0.4, 0.5) is 15.8 Å². The predicted molar refractivity (Wildman–Crippen MR) is 110 cm³/mol. The van der Waals surface area contributed by atoms with Gasteiger partial charge in [0, 0.05) is 41.5 Å². The normalized spacial score (nSPS) is 17.8. The lowest BCUT2D eigenvalue weighted by molar-refractivity contribution is -0.384. The predicted octanol–water partition coefficient (Wildman–Crippen LogP) is 4.22. The molecular weight excluding hydrogens is 375 g/mol. The van der Waals surface area contributed by atoms with E-state index in [1.54, 1.807) is 6.07 Å². The first-order valence-corrected chi connectivity index (χ1v) is 9.25. The number of nitro benzene ring substituents is 1. The Hall–Kier alpha value is -3.29. The highest BCUT2D eigenvalue weighted by Gasteiger charge is 2.34. The second kappa shape index (κ2) is 7.62. The molecule has 1 unspecified atom stereocenters. The van der Waals surface area contributed by atoms with Gasteiger partial charge in [-0.05, 0) is 49.9 Å². The molecule has 1 amide bonds. The number of hydrogen-bond donors (Lipinski definition) is 1. The topological polar surface area (TPSA) is 87.8 Å². The van der Waals surface area contributed by atoms with Crippen LogP contribution in [0, 0.1) is 15.9 Å². The van der Waals surface area contributed by atoms with Crippen LogP contribution >= 0.6 is 0 Å². The molecule has 1 aliphatic rings. The van der Waals surface area contributed by atoms with Crippen molar-refractivity contribution in [1.29, 1.82) is 0 Å². The molecule has 0 fully saturated rings. The molecule has 8 heteroatoms. The lowest BCUT2D eigenvalue weighted by atomic mass is 9.80. The van der Waals surface area contributed by atoms with Crippen molar-refractivity contribution in [2.45, 2.75) is 38.6 Å². The number of nitrogens with one attached hydrogen (secondary N) is 1. The van der Waals surface area contributed by atoms with Gasteiger partial charge in [0.1, 0.15) is 5.82 Å². The molecule has 0 aliphatic carbocycles. The fourth-order valence-corrected chi connectivity index (χ4v) is 3.69. The number of carbonyl (C=O) groups excluding carboxylic acids is 1.